The van der Waals surface area contributed by atoms with E-state index in [1.165, 1.54) is 6.33 Å². The molecule has 0 aliphatic rings. The summed E-state index contributed by atoms with van der Waals surface area (Å²) in [6, 6.07) is 3.93. The number of aromatic nitrogens is 4. The molecule has 0 saturated carbocycles. The molecule has 96 valence electrons. The van der Waals surface area contributed by atoms with Crippen molar-refractivity contribution in [1.82, 2.24) is 19.7 Å². The third kappa shape index (κ3) is 3.27. The van der Waals surface area contributed by atoms with Gasteiger partial charge in [0.2, 0.25) is 0 Å². The van der Waals surface area contributed by atoms with Gasteiger partial charge in [-0.3, -0.25) is 9.67 Å². The van der Waals surface area contributed by atoms with E-state index >= 15 is 0 Å². The summed E-state index contributed by atoms with van der Waals surface area (Å²) in [5, 5.41) is 3.97. The van der Waals surface area contributed by atoms with E-state index in [0.717, 1.165) is 17.9 Å². The van der Waals surface area contributed by atoms with Crippen LogP contribution in [0.4, 0.5) is 0 Å². The monoisotopic (exact) mass is 247 g/mol. The first-order chi connectivity index (χ1) is 8.65. The Labute approximate surface area is 106 Å². The number of hydrogen-bond acceptors (Lipinski definition) is 5. The number of hydrogen-bond donors (Lipinski definition) is 1. The van der Waals surface area contributed by atoms with Crippen molar-refractivity contribution in [3.05, 3.63) is 36.2 Å². The van der Waals surface area contributed by atoms with Gasteiger partial charge in [0.25, 0.3) is 0 Å². The van der Waals surface area contributed by atoms with Crippen molar-refractivity contribution < 1.29 is 4.74 Å². The quantitative estimate of drug-likeness (QED) is 0.840. The van der Waals surface area contributed by atoms with Crippen LogP contribution in [0.2, 0.25) is 0 Å². The molecule has 18 heavy (non-hydrogen) atoms. The van der Waals surface area contributed by atoms with E-state index in [1.54, 1.807) is 10.9 Å². The molecule has 0 radical (unpaired) electrons. The SMILES string of the molecule is CC(N)Cc1ccc(OCc2ncnn2C)cn1. The van der Waals surface area contributed by atoms with E-state index in [-0.39, 0.29) is 6.04 Å². The molecule has 1 atom stereocenters. The van der Waals surface area contributed by atoms with Gasteiger partial charge in [0.1, 0.15) is 18.7 Å². The molecule has 2 N–H and O–H groups in total. The van der Waals surface area contributed by atoms with Crippen LogP contribution in [0.15, 0.2) is 24.7 Å². The topological polar surface area (TPSA) is 78.9 Å². The Kier molecular flexibility index (Phi) is 3.88. The molecule has 0 aliphatic heterocycles. The van der Waals surface area contributed by atoms with Gasteiger partial charge >= 0.3 is 0 Å². The second-order valence-electron chi connectivity index (χ2n) is 4.26. The number of rotatable bonds is 5. The molecule has 0 aromatic carbocycles. The minimum Gasteiger partial charge on any atom is -0.484 e. The van der Waals surface area contributed by atoms with Crippen molar-refractivity contribution in [3.8, 4) is 5.75 Å². The van der Waals surface area contributed by atoms with Crippen LogP contribution in [0.25, 0.3) is 0 Å². The van der Waals surface area contributed by atoms with Crippen LogP contribution in [0.5, 0.6) is 5.75 Å². The second-order valence-corrected chi connectivity index (χ2v) is 4.26. The zero-order valence-corrected chi connectivity index (χ0v) is 10.6. The number of nitrogens with two attached hydrogens (primary N) is 1. The van der Waals surface area contributed by atoms with E-state index in [1.807, 2.05) is 26.1 Å². The maximum atomic E-state index is 5.71. The van der Waals surface area contributed by atoms with Gasteiger partial charge in [-0.05, 0) is 19.1 Å². The average Bonchev–Trinajstić information content (AvgIpc) is 2.73. The lowest BCUT2D eigenvalue weighted by atomic mass is 10.2. The summed E-state index contributed by atoms with van der Waals surface area (Å²) in [5.74, 6) is 1.49. The van der Waals surface area contributed by atoms with Gasteiger partial charge in [-0.25, -0.2) is 4.98 Å². The summed E-state index contributed by atoms with van der Waals surface area (Å²) < 4.78 is 7.25. The molecule has 2 heterocycles. The van der Waals surface area contributed by atoms with Gasteiger partial charge in [-0.1, -0.05) is 0 Å². The number of pyridine rings is 1. The van der Waals surface area contributed by atoms with Gasteiger partial charge in [0, 0.05) is 25.2 Å². The first-order valence-electron chi connectivity index (χ1n) is 5.81. The minimum atomic E-state index is 0.114. The van der Waals surface area contributed by atoms with Crippen LogP contribution in [-0.4, -0.2) is 25.8 Å². The zero-order chi connectivity index (χ0) is 13.0. The molecule has 0 bridgehead atoms. The first kappa shape index (κ1) is 12.5. The molecule has 2 rings (SSSR count). The van der Waals surface area contributed by atoms with Crippen molar-refractivity contribution in [3.63, 3.8) is 0 Å². The van der Waals surface area contributed by atoms with Crippen molar-refractivity contribution in [1.29, 1.82) is 0 Å². The first-order valence-corrected chi connectivity index (χ1v) is 5.81. The molecule has 0 saturated heterocycles. The Morgan fingerprint density at radius 1 is 1.39 bits per heavy atom. The van der Waals surface area contributed by atoms with Gasteiger partial charge in [-0.2, -0.15) is 5.10 Å². The molecule has 2 aromatic heterocycles. The van der Waals surface area contributed by atoms with Crippen LogP contribution in [0.3, 0.4) is 0 Å². The largest absolute Gasteiger partial charge is 0.484 e. The third-order valence-corrected chi connectivity index (χ3v) is 2.50. The summed E-state index contributed by atoms with van der Waals surface area (Å²) in [7, 11) is 1.83. The maximum absolute atomic E-state index is 5.71. The molecule has 0 aliphatic carbocycles. The molecule has 2 aromatic rings. The van der Waals surface area contributed by atoms with E-state index in [2.05, 4.69) is 15.1 Å². The molecule has 6 heteroatoms. The van der Waals surface area contributed by atoms with E-state index in [4.69, 9.17) is 10.5 Å². The molecular weight excluding hydrogens is 230 g/mol. The fourth-order valence-corrected chi connectivity index (χ4v) is 1.55. The minimum absolute atomic E-state index is 0.114. The standard InChI is InChI=1S/C12H17N5O/c1-9(13)5-10-3-4-11(6-14-10)18-7-12-15-8-16-17(12)2/h3-4,6,8-9H,5,7,13H2,1-2H3. The van der Waals surface area contributed by atoms with Crippen LogP contribution >= 0.6 is 0 Å². The van der Waals surface area contributed by atoms with E-state index < -0.39 is 0 Å². The summed E-state index contributed by atoms with van der Waals surface area (Å²) >= 11 is 0. The van der Waals surface area contributed by atoms with Crippen molar-refractivity contribution >= 4 is 0 Å². The Bertz CT molecular complexity index is 491. The highest BCUT2D eigenvalue weighted by Gasteiger charge is 2.03. The smallest absolute Gasteiger partial charge is 0.164 e. The Morgan fingerprint density at radius 3 is 2.78 bits per heavy atom. The molecule has 0 amide bonds. The lowest BCUT2D eigenvalue weighted by Gasteiger charge is -2.07. The average molecular weight is 247 g/mol. The third-order valence-electron chi connectivity index (χ3n) is 2.50. The van der Waals surface area contributed by atoms with Gasteiger partial charge in [-0.15, -0.1) is 0 Å². The summed E-state index contributed by atoms with van der Waals surface area (Å²) in [4.78, 5) is 8.37. The van der Waals surface area contributed by atoms with E-state index in [9.17, 15) is 0 Å². The normalized spacial score (nSPS) is 12.4. The van der Waals surface area contributed by atoms with Crippen molar-refractivity contribution in [2.75, 3.05) is 0 Å². The van der Waals surface area contributed by atoms with Gasteiger partial charge in [0.05, 0.1) is 6.20 Å². The van der Waals surface area contributed by atoms with Crippen molar-refractivity contribution in [2.45, 2.75) is 26.0 Å². The zero-order valence-electron chi connectivity index (χ0n) is 10.6. The summed E-state index contributed by atoms with van der Waals surface area (Å²) in [5.41, 5.74) is 6.68. The Hall–Kier alpha value is -1.95. The van der Waals surface area contributed by atoms with Crippen LogP contribution in [0, 0.1) is 0 Å². The van der Waals surface area contributed by atoms with Crippen LogP contribution < -0.4 is 10.5 Å². The molecular formula is C12H17N5O. The lowest BCUT2D eigenvalue weighted by molar-refractivity contribution is 0.288. The molecule has 0 spiro atoms. The number of nitrogens with zero attached hydrogens (tertiary/aromatic N) is 4. The van der Waals surface area contributed by atoms with Crippen LogP contribution in [-0.2, 0) is 20.1 Å². The predicted octanol–water partition coefficient (Wildman–Crippen LogP) is 0.679. The maximum Gasteiger partial charge on any atom is 0.164 e. The van der Waals surface area contributed by atoms with E-state index in [0.29, 0.717) is 12.4 Å². The predicted molar refractivity (Wildman–Crippen MR) is 66.9 cm³/mol. The van der Waals surface area contributed by atoms with Crippen molar-refractivity contribution in [2.24, 2.45) is 12.8 Å². The summed E-state index contributed by atoms with van der Waals surface area (Å²) in [6.07, 6.45) is 3.97. The molecule has 6 nitrogen and oxygen atoms in total. The van der Waals surface area contributed by atoms with Crippen LogP contribution in [0.1, 0.15) is 18.4 Å². The Morgan fingerprint density at radius 2 is 2.22 bits per heavy atom. The number of ether oxygens (including phenoxy) is 1. The molecule has 1 unspecified atom stereocenters. The van der Waals surface area contributed by atoms with Gasteiger partial charge < -0.3 is 10.5 Å². The van der Waals surface area contributed by atoms with Gasteiger partial charge in [0.15, 0.2) is 5.82 Å². The fourth-order valence-electron chi connectivity index (χ4n) is 1.55. The summed E-state index contributed by atoms with van der Waals surface area (Å²) in [6.45, 7) is 2.34. The lowest BCUT2D eigenvalue weighted by Crippen LogP contribution is -2.18. The highest BCUT2D eigenvalue weighted by molar-refractivity contribution is 5.20. The Balaban J connectivity index is 1.92. The highest BCUT2D eigenvalue weighted by atomic mass is 16.5. The molecule has 0 fully saturated rings. The fraction of sp³-hybridized carbons (Fsp3) is 0.417. The second kappa shape index (κ2) is 5.59. The number of aryl methyl sites for hydroxylation is 1. The highest BCUT2D eigenvalue weighted by Crippen LogP contribution is 2.11.